The maximum Gasteiger partial charge on any atom is 0.243 e. The Bertz CT molecular complexity index is 1190. The molecule has 0 spiro atoms. The van der Waals surface area contributed by atoms with Crippen molar-refractivity contribution in [2.24, 2.45) is 0 Å². The molecule has 0 aliphatic carbocycles. The van der Waals surface area contributed by atoms with Crippen LogP contribution in [0.15, 0.2) is 66.7 Å². The topological polar surface area (TPSA) is 49.4 Å². The van der Waals surface area contributed by atoms with Gasteiger partial charge in [-0.2, -0.15) is 0 Å². The molecule has 196 valence electrons. The third-order valence-corrected chi connectivity index (χ3v) is 7.97. The molecule has 1 atom stereocenters. The maximum absolute atomic E-state index is 13.7. The first-order valence-electron chi connectivity index (χ1n) is 11.9. The summed E-state index contributed by atoms with van der Waals surface area (Å²) in [5.41, 5.74) is 2.43. The van der Waals surface area contributed by atoms with Crippen LogP contribution in [0.2, 0.25) is 20.1 Å². The normalized spacial score (nSPS) is 11.7. The first-order chi connectivity index (χ1) is 17.8. The molecule has 4 nitrogen and oxygen atoms in total. The van der Waals surface area contributed by atoms with Gasteiger partial charge in [-0.1, -0.05) is 95.8 Å². The van der Waals surface area contributed by atoms with Crippen LogP contribution >= 0.6 is 58.2 Å². The fraction of sp³-hybridized carbons (Fsp3) is 0.286. The van der Waals surface area contributed by atoms with E-state index < -0.39 is 6.04 Å². The standard InChI is InChI=1S/C28H28Cl4N2O2S/c1-2-13-33-28(36)26(14-19-7-4-3-5-8-19)34(16-22-23(30)9-6-10-24(22)31)27(35)18-37-17-20-11-12-21(29)15-25(20)32/h3-12,15,26H,2,13-14,16-18H2,1H3,(H,33,36)/t26-/m0/s1. The van der Waals surface area contributed by atoms with Crippen molar-refractivity contribution in [2.75, 3.05) is 12.3 Å². The largest absolute Gasteiger partial charge is 0.354 e. The second-order valence-electron chi connectivity index (χ2n) is 8.45. The van der Waals surface area contributed by atoms with Crippen LogP contribution in [0.25, 0.3) is 0 Å². The second-order valence-corrected chi connectivity index (χ2v) is 11.1. The molecule has 0 aliphatic heterocycles. The lowest BCUT2D eigenvalue weighted by molar-refractivity contribution is -0.139. The maximum atomic E-state index is 13.7. The Hall–Kier alpha value is -1.89. The quantitative estimate of drug-likeness (QED) is 0.233. The molecule has 0 unspecified atom stereocenters. The van der Waals surface area contributed by atoms with Gasteiger partial charge in [0.15, 0.2) is 0 Å². The molecule has 0 radical (unpaired) electrons. The van der Waals surface area contributed by atoms with Crippen molar-refractivity contribution < 1.29 is 9.59 Å². The van der Waals surface area contributed by atoms with Gasteiger partial charge in [0.1, 0.15) is 6.04 Å². The van der Waals surface area contributed by atoms with Gasteiger partial charge in [0.25, 0.3) is 0 Å². The van der Waals surface area contributed by atoms with Crippen LogP contribution < -0.4 is 5.32 Å². The zero-order valence-corrected chi connectivity index (χ0v) is 24.2. The average Bonchev–Trinajstić information content (AvgIpc) is 2.88. The van der Waals surface area contributed by atoms with Crippen molar-refractivity contribution in [2.45, 2.75) is 38.1 Å². The third kappa shape index (κ3) is 8.83. The minimum absolute atomic E-state index is 0.108. The number of nitrogens with zero attached hydrogens (tertiary/aromatic N) is 1. The molecule has 0 heterocycles. The zero-order chi connectivity index (χ0) is 26.8. The lowest BCUT2D eigenvalue weighted by Gasteiger charge is -2.32. The minimum atomic E-state index is -0.742. The molecule has 0 aromatic heterocycles. The summed E-state index contributed by atoms with van der Waals surface area (Å²) < 4.78 is 0. The van der Waals surface area contributed by atoms with Crippen LogP contribution in [0.3, 0.4) is 0 Å². The van der Waals surface area contributed by atoms with E-state index in [2.05, 4.69) is 5.32 Å². The fourth-order valence-electron chi connectivity index (χ4n) is 3.74. The molecule has 0 bridgehead atoms. The van der Waals surface area contributed by atoms with E-state index in [9.17, 15) is 9.59 Å². The summed E-state index contributed by atoms with van der Waals surface area (Å²) >= 11 is 26.7. The first kappa shape index (κ1) is 29.7. The Kier molecular flexibility index (Phi) is 11.9. The summed E-state index contributed by atoms with van der Waals surface area (Å²) in [4.78, 5) is 28.7. The molecule has 0 aliphatic rings. The number of rotatable bonds is 12. The predicted molar refractivity (Wildman–Crippen MR) is 157 cm³/mol. The van der Waals surface area contributed by atoms with Gasteiger partial charge in [-0.25, -0.2) is 0 Å². The molecule has 9 heteroatoms. The Morgan fingerprint density at radius 3 is 2.27 bits per heavy atom. The van der Waals surface area contributed by atoms with E-state index in [4.69, 9.17) is 46.4 Å². The Morgan fingerprint density at radius 1 is 0.919 bits per heavy atom. The number of hydrogen-bond acceptors (Lipinski definition) is 3. The molecule has 1 N–H and O–H groups in total. The number of thioether (sulfide) groups is 1. The lowest BCUT2D eigenvalue weighted by atomic mass is 10.0. The number of halogens is 4. The van der Waals surface area contributed by atoms with Crippen molar-refractivity contribution >= 4 is 70.0 Å². The van der Waals surface area contributed by atoms with Crippen molar-refractivity contribution in [3.05, 3.63) is 104 Å². The van der Waals surface area contributed by atoms with Crippen molar-refractivity contribution in [3.8, 4) is 0 Å². The van der Waals surface area contributed by atoms with E-state index in [1.165, 1.54) is 11.8 Å². The number of nitrogens with one attached hydrogen (secondary N) is 1. The Morgan fingerprint density at radius 2 is 1.62 bits per heavy atom. The highest BCUT2D eigenvalue weighted by Gasteiger charge is 2.31. The molecular weight excluding hydrogens is 570 g/mol. The highest BCUT2D eigenvalue weighted by molar-refractivity contribution is 7.99. The van der Waals surface area contributed by atoms with Gasteiger partial charge in [0, 0.05) is 50.9 Å². The van der Waals surface area contributed by atoms with Gasteiger partial charge in [-0.05, 0) is 41.8 Å². The molecule has 3 aromatic carbocycles. The average molecular weight is 598 g/mol. The number of amides is 2. The summed E-state index contributed by atoms with van der Waals surface area (Å²) in [7, 11) is 0. The molecule has 3 rings (SSSR count). The Labute approximate surface area is 242 Å². The molecule has 0 fully saturated rings. The summed E-state index contributed by atoms with van der Waals surface area (Å²) in [6.07, 6.45) is 1.14. The first-order valence-corrected chi connectivity index (χ1v) is 14.5. The van der Waals surface area contributed by atoms with E-state index in [-0.39, 0.29) is 24.1 Å². The molecule has 37 heavy (non-hydrogen) atoms. The van der Waals surface area contributed by atoms with Crippen LogP contribution in [0.4, 0.5) is 0 Å². The van der Waals surface area contributed by atoms with Gasteiger partial charge in [0.2, 0.25) is 11.8 Å². The van der Waals surface area contributed by atoms with Gasteiger partial charge < -0.3 is 10.2 Å². The van der Waals surface area contributed by atoms with Crippen LogP contribution in [0, 0.1) is 0 Å². The van der Waals surface area contributed by atoms with Gasteiger partial charge in [-0.3, -0.25) is 9.59 Å². The number of carbonyl (C=O) groups is 2. The van der Waals surface area contributed by atoms with E-state index in [0.717, 1.165) is 17.5 Å². The number of carbonyl (C=O) groups excluding carboxylic acids is 2. The van der Waals surface area contributed by atoms with Crippen molar-refractivity contribution in [1.82, 2.24) is 10.2 Å². The summed E-state index contributed by atoms with van der Waals surface area (Å²) in [5, 5.41) is 4.95. The van der Waals surface area contributed by atoms with E-state index in [1.54, 1.807) is 35.2 Å². The minimum Gasteiger partial charge on any atom is -0.354 e. The number of benzene rings is 3. The van der Waals surface area contributed by atoms with E-state index >= 15 is 0 Å². The summed E-state index contributed by atoms with van der Waals surface area (Å²) in [5.74, 6) is 0.257. The molecule has 0 saturated heterocycles. The zero-order valence-electron chi connectivity index (χ0n) is 20.4. The summed E-state index contributed by atoms with van der Waals surface area (Å²) in [6, 6.07) is 19.4. The van der Waals surface area contributed by atoms with E-state index in [0.29, 0.717) is 44.4 Å². The van der Waals surface area contributed by atoms with E-state index in [1.807, 2.05) is 43.3 Å². The molecular formula is C28H28Cl4N2O2S. The van der Waals surface area contributed by atoms with Crippen LogP contribution in [-0.4, -0.2) is 35.1 Å². The number of hydrogen-bond donors (Lipinski definition) is 1. The fourth-order valence-corrected chi connectivity index (χ4v) is 5.73. The van der Waals surface area contributed by atoms with Crippen LogP contribution in [0.1, 0.15) is 30.0 Å². The van der Waals surface area contributed by atoms with Crippen molar-refractivity contribution in [1.29, 1.82) is 0 Å². The lowest BCUT2D eigenvalue weighted by Crippen LogP contribution is -2.51. The smallest absolute Gasteiger partial charge is 0.243 e. The predicted octanol–water partition coefficient (Wildman–Crippen LogP) is 7.70. The third-order valence-electron chi connectivity index (χ3n) is 5.71. The highest BCUT2D eigenvalue weighted by Crippen LogP contribution is 2.29. The molecule has 0 saturated carbocycles. The monoisotopic (exact) mass is 596 g/mol. The molecule has 2 amide bonds. The van der Waals surface area contributed by atoms with Crippen LogP contribution in [0.5, 0.6) is 0 Å². The van der Waals surface area contributed by atoms with Gasteiger partial charge in [0.05, 0.1) is 5.75 Å². The van der Waals surface area contributed by atoms with Crippen LogP contribution in [-0.2, 0) is 28.3 Å². The summed E-state index contributed by atoms with van der Waals surface area (Å²) in [6.45, 7) is 2.61. The van der Waals surface area contributed by atoms with Gasteiger partial charge >= 0.3 is 0 Å². The highest BCUT2D eigenvalue weighted by atomic mass is 35.5. The Balaban J connectivity index is 1.88. The molecule has 3 aromatic rings. The van der Waals surface area contributed by atoms with Crippen molar-refractivity contribution in [3.63, 3.8) is 0 Å². The SMILES string of the molecule is CCCNC(=O)[C@H](Cc1ccccc1)N(Cc1c(Cl)cccc1Cl)C(=O)CSCc1ccc(Cl)cc1Cl. The second kappa shape index (κ2) is 14.9. The van der Waals surface area contributed by atoms with Gasteiger partial charge in [-0.15, -0.1) is 11.8 Å².